The van der Waals surface area contributed by atoms with E-state index in [0.717, 1.165) is 17.0 Å². The van der Waals surface area contributed by atoms with Crippen molar-refractivity contribution in [2.45, 2.75) is 0 Å². The molecular weight excluding hydrogens is 364 g/mol. The number of allylic oxidation sites excluding steroid dienone is 2. The van der Waals surface area contributed by atoms with Gasteiger partial charge in [-0.05, 0) is 35.9 Å². The second-order valence-corrected chi connectivity index (χ2v) is 7.14. The van der Waals surface area contributed by atoms with Gasteiger partial charge in [0.2, 0.25) is 0 Å². The highest BCUT2D eigenvalue weighted by Gasteiger charge is 2.31. The number of carbonyl (C=O) groups is 1. The van der Waals surface area contributed by atoms with E-state index in [1.54, 1.807) is 18.1 Å². The summed E-state index contributed by atoms with van der Waals surface area (Å²) < 4.78 is 5.69. The minimum atomic E-state index is -0.0845. The predicted octanol–water partition coefficient (Wildman–Crippen LogP) is 4.52. The predicted molar refractivity (Wildman–Crippen MR) is 112 cm³/mol. The quantitative estimate of drug-likeness (QED) is 0.588. The van der Waals surface area contributed by atoms with E-state index >= 15 is 0 Å². The fraction of sp³-hybridized carbons (Fsp3) is 0.100. The van der Waals surface area contributed by atoms with Crippen LogP contribution in [0.25, 0.3) is 6.08 Å². The van der Waals surface area contributed by atoms with Crippen LogP contribution in [0.5, 0.6) is 5.75 Å². The molecule has 0 atom stereocenters. The number of carbonyl (C=O) groups excluding carboxylic acids is 1. The Labute approximate surface area is 162 Å². The van der Waals surface area contributed by atoms with Crippen LogP contribution in [-0.2, 0) is 4.79 Å². The average molecular weight is 383 g/mol. The van der Waals surface area contributed by atoms with Crippen LogP contribution >= 0.6 is 24.0 Å². The average Bonchev–Trinajstić information content (AvgIpc) is 2.94. The number of hydrogen-bond acceptors (Lipinski definition) is 5. The molecular formula is C20H18N2O2S2. The molecule has 2 aromatic rings. The lowest BCUT2D eigenvalue weighted by Crippen LogP contribution is -2.33. The van der Waals surface area contributed by atoms with Crippen LogP contribution in [0.3, 0.4) is 0 Å². The molecule has 26 heavy (non-hydrogen) atoms. The number of anilines is 1. The van der Waals surface area contributed by atoms with Gasteiger partial charge in [0.1, 0.15) is 10.1 Å². The molecule has 1 fully saturated rings. The molecule has 132 valence electrons. The summed E-state index contributed by atoms with van der Waals surface area (Å²) in [5, 5.41) is 3.20. The number of methoxy groups -OCH3 is 1. The first-order valence-electron chi connectivity index (χ1n) is 8.02. The molecule has 1 N–H and O–H groups in total. The van der Waals surface area contributed by atoms with Crippen molar-refractivity contribution in [1.82, 2.24) is 4.90 Å². The molecule has 0 aromatic heterocycles. The van der Waals surface area contributed by atoms with Gasteiger partial charge < -0.3 is 10.1 Å². The maximum absolute atomic E-state index is 12.5. The number of rotatable bonds is 6. The summed E-state index contributed by atoms with van der Waals surface area (Å²) in [4.78, 5) is 14.7. The number of ether oxygens (including phenoxy) is 1. The third kappa shape index (κ3) is 4.53. The number of nitrogens with zero attached hydrogens (tertiary/aromatic N) is 1. The van der Waals surface area contributed by atoms with Gasteiger partial charge in [-0.1, -0.05) is 66.5 Å². The number of nitrogens with one attached hydrogen (secondary N) is 1. The third-order valence-electron chi connectivity index (χ3n) is 3.74. The summed E-state index contributed by atoms with van der Waals surface area (Å²) in [5.41, 5.74) is 1.98. The second-order valence-electron chi connectivity index (χ2n) is 5.47. The van der Waals surface area contributed by atoms with E-state index in [-0.39, 0.29) is 5.91 Å². The Morgan fingerprint density at radius 2 is 1.88 bits per heavy atom. The summed E-state index contributed by atoms with van der Waals surface area (Å²) in [6.07, 6.45) is 5.64. The van der Waals surface area contributed by atoms with Gasteiger partial charge in [-0.25, -0.2) is 0 Å². The molecule has 4 nitrogen and oxygen atoms in total. The Hall–Kier alpha value is -2.57. The fourth-order valence-corrected chi connectivity index (χ4v) is 3.55. The zero-order chi connectivity index (χ0) is 18.4. The van der Waals surface area contributed by atoms with Crippen LogP contribution < -0.4 is 10.1 Å². The van der Waals surface area contributed by atoms with Crippen LogP contribution in [0, 0.1) is 0 Å². The third-order valence-corrected chi connectivity index (χ3v) is 5.14. The van der Waals surface area contributed by atoms with E-state index in [9.17, 15) is 4.79 Å². The van der Waals surface area contributed by atoms with Crippen LogP contribution in [0.4, 0.5) is 5.69 Å². The van der Waals surface area contributed by atoms with Gasteiger partial charge in [0.15, 0.2) is 0 Å². The van der Waals surface area contributed by atoms with Gasteiger partial charge in [0, 0.05) is 5.69 Å². The first-order valence-corrected chi connectivity index (χ1v) is 9.25. The highest BCUT2D eigenvalue weighted by atomic mass is 32.2. The Morgan fingerprint density at radius 1 is 1.15 bits per heavy atom. The van der Waals surface area contributed by atoms with Crippen molar-refractivity contribution >= 4 is 46.0 Å². The molecule has 0 aliphatic carbocycles. The van der Waals surface area contributed by atoms with Crippen molar-refractivity contribution in [3.63, 3.8) is 0 Å². The van der Waals surface area contributed by atoms with Crippen molar-refractivity contribution in [2.24, 2.45) is 0 Å². The molecule has 1 amide bonds. The fourth-order valence-electron chi connectivity index (χ4n) is 2.34. The summed E-state index contributed by atoms with van der Waals surface area (Å²) in [6, 6.07) is 17.5. The normalized spacial score (nSPS) is 15.9. The lowest BCUT2D eigenvalue weighted by atomic mass is 10.2. The summed E-state index contributed by atoms with van der Waals surface area (Å²) in [5.74, 6) is 0.702. The Morgan fingerprint density at radius 3 is 2.58 bits per heavy atom. The van der Waals surface area contributed by atoms with E-state index in [4.69, 9.17) is 17.0 Å². The number of thioether (sulfide) groups is 1. The van der Waals surface area contributed by atoms with E-state index < -0.39 is 0 Å². The van der Waals surface area contributed by atoms with Crippen LogP contribution in [-0.4, -0.2) is 28.9 Å². The maximum Gasteiger partial charge on any atom is 0.267 e. The highest BCUT2D eigenvalue weighted by molar-refractivity contribution is 8.26. The summed E-state index contributed by atoms with van der Waals surface area (Å²) in [7, 11) is 1.63. The second kappa shape index (κ2) is 8.69. The van der Waals surface area contributed by atoms with Crippen molar-refractivity contribution in [3.8, 4) is 5.75 Å². The number of amides is 1. The molecule has 6 heteroatoms. The first kappa shape index (κ1) is 18.2. The molecule has 0 unspecified atom stereocenters. The smallest absolute Gasteiger partial charge is 0.267 e. The summed E-state index contributed by atoms with van der Waals surface area (Å²) >= 11 is 6.65. The van der Waals surface area contributed by atoms with Gasteiger partial charge >= 0.3 is 0 Å². The highest BCUT2D eigenvalue weighted by Crippen LogP contribution is 2.31. The van der Waals surface area contributed by atoms with Crippen LogP contribution in [0.1, 0.15) is 5.56 Å². The zero-order valence-corrected chi connectivity index (χ0v) is 15.8. The van der Waals surface area contributed by atoms with Crippen LogP contribution in [0.2, 0.25) is 0 Å². The van der Waals surface area contributed by atoms with Crippen molar-refractivity contribution in [3.05, 3.63) is 77.2 Å². The van der Waals surface area contributed by atoms with E-state index in [1.165, 1.54) is 11.8 Å². The largest absolute Gasteiger partial charge is 0.497 e. The SMILES string of the molecule is COc1ccc(NCN2C(=O)/C(=C\C=C\c3ccccc3)SC2=S)cc1. The lowest BCUT2D eigenvalue weighted by Gasteiger charge is -2.16. The van der Waals surface area contributed by atoms with Gasteiger partial charge in [-0.3, -0.25) is 9.69 Å². The molecule has 1 saturated heterocycles. The molecule has 3 rings (SSSR count). The number of benzene rings is 2. The minimum absolute atomic E-state index is 0.0845. The lowest BCUT2D eigenvalue weighted by molar-refractivity contribution is -0.121. The van der Waals surface area contributed by atoms with Gasteiger partial charge in [0.05, 0.1) is 18.7 Å². The molecule has 0 radical (unpaired) electrons. The maximum atomic E-state index is 12.5. The molecule has 0 saturated carbocycles. The number of thiocarbonyl (C=S) groups is 1. The van der Waals surface area contributed by atoms with Gasteiger partial charge in [0.25, 0.3) is 5.91 Å². The van der Waals surface area contributed by atoms with Crippen molar-refractivity contribution in [1.29, 1.82) is 0 Å². The minimum Gasteiger partial charge on any atom is -0.497 e. The van der Waals surface area contributed by atoms with E-state index in [2.05, 4.69) is 5.32 Å². The van der Waals surface area contributed by atoms with Gasteiger partial charge in [-0.15, -0.1) is 0 Å². The van der Waals surface area contributed by atoms with Crippen molar-refractivity contribution in [2.75, 3.05) is 19.1 Å². The topological polar surface area (TPSA) is 41.6 Å². The van der Waals surface area contributed by atoms with E-state index in [0.29, 0.717) is 15.9 Å². The molecule has 1 aliphatic heterocycles. The standard InChI is InChI=1S/C20H18N2O2S2/c1-24-17-12-10-16(11-13-17)21-14-22-19(23)18(26-20(22)25)9-5-8-15-6-3-2-4-7-15/h2-13,21H,14H2,1H3/b8-5+,18-9+. The molecule has 0 bridgehead atoms. The zero-order valence-electron chi connectivity index (χ0n) is 14.2. The Balaban J connectivity index is 1.61. The monoisotopic (exact) mass is 382 g/mol. The number of hydrogen-bond donors (Lipinski definition) is 1. The molecule has 0 spiro atoms. The molecule has 2 aromatic carbocycles. The van der Waals surface area contributed by atoms with Crippen LogP contribution in [0.15, 0.2) is 71.7 Å². The Kier molecular flexibility index (Phi) is 6.09. The van der Waals surface area contributed by atoms with E-state index in [1.807, 2.05) is 66.7 Å². The molecule has 1 aliphatic rings. The van der Waals surface area contributed by atoms with Gasteiger partial charge in [-0.2, -0.15) is 0 Å². The first-order chi connectivity index (χ1) is 12.7. The molecule has 1 heterocycles. The van der Waals surface area contributed by atoms with Crippen molar-refractivity contribution < 1.29 is 9.53 Å². The summed E-state index contributed by atoms with van der Waals surface area (Å²) in [6.45, 7) is 0.330. The Bertz CT molecular complexity index is 846.